The monoisotopic (exact) mass is 591 g/mol. The largest absolute Gasteiger partial charge is 0.391 e. The second kappa shape index (κ2) is 11.3. The molecular weight excluding hydrogens is 563 g/mol. The van der Waals surface area contributed by atoms with Gasteiger partial charge in [0.05, 0.1) is 40.1 Å². The minimum atomic E-state index is -4.07. The van der Waals surface area contributed by atoms with Crippen molar-refractivity contribution in [3.8, 4) is 0 Å². The summed E-state index contributed by atoms with van der Waals surface area (Å²) in [7, 11) is -4.07. The summed E-state index contributed by atoms with van der Waals surface area (Å²) in [5, 5.41) is 31.7. The molecule has 0 aliphatic heterocycles. The molecule has 39 heavy (non-hydrogen) atoms. The highest BCUT2D eigenvalue weighted by atomic mass is 35.5. The summed E-state index contributed by atoms with van der Waals surface area (Å²) in [4.78, 5) is 12.4. The number of hydrogen-bond acceptors (Lipinski definition) is 7. The van der Waals surface area contributed by atoms with E-state index in [2.05, 4.69) is 5.32 Å². The number of amides is 1. The van der Waals surface area contributed by atoms with Gasteiger partial charge in [-0.1, -0.05) is 11.6 Å². The molecule has 8 nitrogen and oxygen atoms in total. The maximum Gasteiger partial charge on any atom is 0.255 e. The van der Waals surface area contributed by atoms with Gasteiger partial charge in [-0.15, -0.1) is 0 Å². The van der Waals surface area contributed by atoms with E-state index in [1.54, 1.807) is 0 Å². The standard InChI is InChI=1S/C26H29ClF3NO7S/c1-13(32)22(33)11-38-12-26(35)15-3-4-16(26)8-18(7-15)39(36,37)23-6-14(2-5-19(23)27)25(34)31-17-9-20(28)24(30)21(29)10-17/h2,5-6,9-10,13,15-16,18,22,32-33,35H,3-4,7-8,11-12H2,1H3,(H,31,34)/t13?,15-,16?,18?,22?,26?/m0/s1. The fraction of sp³-hybridized carbons (Fsp3) is 0.500. The average molecular weight is 592 g/mol. The number of benzene rings is 2. The Balaban J connectivity index is 1.50. The number of halogens is 4. The quantitative estimate of drug-likeness (QED) is 0.328. The van der Waals surface area contributed by atoms with Crippen molar-refractivity contribution in [3.63, 3.8) is 0 Å². The Hall–Kier alpha value is -2.22. The van der Waals surface area contributed by atoms with Gasteiger partial charge in [0.15, 0.2) is 27.3 Å². The lowest BCUT2D eigenvalue weighted by Gasteiger charge is -2.42. The summed E-state index contributed by atoms with van der Waals surface area (Å²) < 4.78 is 73.0. The minimum Gasteiger partial charge on any atom is -0.391 e. The van der Waals surface area contributed by atoms with Gasteiger partial charge in [0.1, 0.15) is 6.10 Å². The molecule has 6 atom stereocenters. The minimum absolute atomic E-state index is 0.111. The van der Waals surface area contributed by atoms with E-state index in [0.29, 0.717) is 25.0 Å². The molecular formula is C26H29ClF3NO7S. The first kappa shape index (κ1) is 29.8. The predicted octanol–water partition coefficient (Wildman–Crippen LogP) is 3.46. The van der Waals surface area contributed by atoms with Crippen molar-refractivity contribution >= 4 is 33.0 Å². The summed E-state index contributed by atoms with van der Waals surface area (Å²) in [6.45, 7) is 1.12. The van der Waals surface area contributed by atoms with Crippen molar-refractivity contribution in [2.45, 2.75) is 60.6 Å². The smallest absolute Gasteiger partial charge is 0.255 e. The maximum absolute atomic E-state index is 13.6. The summed E-state index contributed by atoms with van der Waals surface area (Å²) in [5.41, 5.74) is -1.79. The third kappa shape index (κ3) is 5.96. The Morgan fingerprint density at radius 1 is 1.13 bits per heavy atom. The van der Waals surface area contributed by atoms with Gasteiger partial charge in [-0.25, -0.2) is 21.6 Å². The molecule has 4 rings (SSSR count). The zero-order valence-corrected chi connectivity index (χ0v) is 22.5. The molecule has 2 aromatic carbocycles. The molecule has 2 aromatic rings. The van der Waals surface area contributed by atoms with E-state index >= 15 is 0 Å². The molecule has 2 aliphatic carbocycles. The number of aliphatic hydroxyl groups excluding tert-OH is 2. The van der Waals surface area contributed by atoms with Crippen LogP contribution >= 0.6 is 11.6 Å². The first-order chi connectivity index (χ1) is 18.2. The molecule has 2 saturated carbocycles. The van der Waals surface area contributed by atoms with E-state index in [1.165, 1.54) is 19.1 Å². The average Bonchev–Trinajstić information content (AvgIpc) is 3.03. The zero-order valence-electron chi connectivity index (χ0n) is 20.9. The summed E-state index contributed by atoms with van der Waals surface area (Å²) >= 11 is 6.23. The molecule has 0 radical (unpaired) electrons. The van der Waals surface area contributed by atoms with Crippen molar-refractivity contribution < 1.29 is 46.4 Å². The summed E-state index contributed by atoms with van der Waals surface area (Å²) in [6, 6.07) is 4.74. The van der Waals surface area contributed by atoms with Crippen LogP contribution in [0.25, 0.3) is 0 Å². The second-order valence-corrected chi connectivity index (χ2v) is 12.9. The molecule has 0 aromatic heterocycles. The van der Waals surface area contributed by atoms with E-state index in [9.17, 15) is 41.7 Å². The fourth-order valence-corrected chi connectivity index (χ4v) is 7.86. The normalized spacial score (nSPS) is 26.3. The third-order valence-electron chi connectivity index (χ3n) is 7.73. The van der Waals surface area contributed by atoms with Gasteiger partial charge in [0.25, 0.3) is 5.91 Å². The SMILES string of the molecule is CC(O)C(O)COCC1(O)C2CC[C@H]1CC(S(=O)(=O)c1cc(C(=O)Nc3cc(F)c(F)c(F)c3)ccc1Cl)C2. The zero-order chi connectivity index (χ0) is 28.7. The third-order valence-corrected chi connectivity index (χ3v) is 10.4. The molecule has 2 bridgehead atoms. The number of fused-ring (bicyclic) bond motifs is 2. The number of carbonyl (C=O) groups is 1. The molecule has 4 N–H and O–H groups in total. The Morgan fingerprint density at radius 2 is 1.72 bits per heavy atom. The number of hydrogen-bond donors (Lipinski definition) is 4. The number of carbonyl (C=O) groups excluding carboxylic acids is 1. The first-order valence-corrected chi connectivity index (χ1v) is 14.3. The van der Waals surface area contributed by atoms with E-state index < -0.39 is 68.1 Å². The van der Waals surface area contributed by atoms with Crippen LogP contribution in [-0.4, -0.2) is 65.9 Å². The van der Waals surface area contributed by atoms with Crippen LogP contribution in [0.2, 0.25) is 5.02 Å². The number of rotatable bonds is 9. The molecule has 0 heterocycles. The Morgan fingerprint density at radius 3 is 2.28 bits per heavy atom. The van der Waals surface area contributed by atoms with Crippen LogP contribution in [0.1, 0.15) is 43.0 Å². The van der Waals surface area contributed by atoms with Gasteiger partial charge in [-0.2, -0.15) is 0 Å². The lowest BCUT2D eigenvalue weighted by Crippen LogP contribution is -2.51. The Labute approximate surface area is 228 Å². The van der Waals surface area contributed by atoms with Crippen LogP contribution in [-0.2, 0) is 14.6 Å². The Kier molecular flexibility index (Phi) is 8.65. The van der Waals surface area contributed by atoms with Crippen molar-refractivity contribution in [3.05, 3.63) is 58.4 Å². The lowest BCUT2D eigenvalue weighted by molar-refractivity contribution is -0.129. The van der Waals surface area contributed by atoms with Gasteiger partial charge in [-0.3, -0.25) is 4.79 Å². The summed E-state index contributed by atoms with van der Waals surface area (Å²) in [5.74, 6) is -6.36. The van der Waals surface area contributed by atoms with E-state index in [4.69, 9.17) is 16.3 Å². The second-order valence-electron chi connectivity index (χ2n) is 10.3. The van der Waals surface area contributed by atoms with Gasteiger partial charge < -0.3 is 25.4 Å². The van der Waals surface area contributed by atoms with Crippen LogP contribution in [0.5, 0.6) is 0 Å². The fourth-order valence-electron chi connectivity index (χ4n) is 5.45. The van der Waals surface area contributed by atoms with Gasteiger partial charge in [0.2, 0.25) is 0 Å². The molecule has 5 unspecified atom stereocenters. The van der Waals surface area contributed by atoms with Crippen molar-refractivity contribution in [2.75, 3.05) is 18.5 Å². The van der Waals surface area contributed by atoms with Crippen LogP contribution in [0.4, 0.5) is 18.9 Å². The number of anilines is 1. The molecule has 214 valence electrons. The topological polar surface area (TPSA) is 133 Å². The van der Waals surface area contributed by atoms with Crippen molar-refractivity contribution in [2.24, 2.45) is 11.8 Å². The van der Waals surface area contributed by atoms with E-state index in [0.717, 1.165) is 6.07 Å². The lowest BCUT2D eigenvalue weighted by atomic mass is 9.75. The molecule has 1 amide bonds. The van der Waals surface area contributed by atoms with Crippen LogP contribution in [0, 0.1) is 29.3 Å². The highest BCUT2D eigenvalue weighted by molar-refractivity contribution is 7.92. The predicted molar refractivity (Wildman–Crippen MR) is 136 cm³/mol. The van der Waals surface area contributed by atoms with Crippen LogP contribution < -0.4 is 5.32 Å². The maximum atomic E-state index is 13.6. The van der Waals surface area contributed by atoms with E-state index in [-0.39, 0.29) is 47.2 Å². The van der Waals surface area contributed by atoms with Crippen LogP contribution in [0.15, 0.2) is 35.2 Å². The van der Waals surface area contributed by atoms with Crippen LogP contribution in [0.3, 0.4) is 0 Å². The molecule has 0 saturated heterocycles. The van der Waals surface area contributed by atoms with Gasteiger partial charge >= 0.3 is 0 Å². The highest BCUT2D eigenvalue weighted by Gasteiger charge is 2.56. The summed E-state index contributed by atoms with van der Waals surface area (Å²) in [6.07, 6.45) is -0.710. The molecule has 2 fully saturated rings. The molecule has 0 spiro atoms. The van der Waals surface area contributed by atoms with E-state index in [1.807, 2.05) is 0 Å². The number of aliphatic hydroxyl groups is 3. The van der Waals surface area contributed by atoms with Gasteiger partial charge in [-0.05, 0) is 62.6 Å². The molecule has 2 aliphatic rings. The van der Waals surface area contributed by atoms with Gasteiger partial charge in [0, 0.05) is 23.4 Å². The number of sulfone groups is 1. The van der Waals surface area contributed by atoms with Crippen molar-refractivity contribution in [1.82, 2.24) is 0 Å². The first-order valence-electron chi connectivity index (χ1n) is 12.4. The molecule has 13 heteroatoms. The number of nitrogens with one attached hydrogen (secondary N) is 1. The highest BCUT2D eigenvalue weighted by Crippen LogP contribution is 2.52. The Bertz CT molecular complexity index is 1320. The number of ether oxygens (including phenoxy) is 1. The van der Waals surface area contributed by atoms with Crippen molar-refractivity contribution in [1.29, 1.82) is 0 Å².